The molecule has 1 unspecified atom stereocenters. The Morgan fingerprint density at radius 1 is 1.00 bits per heavy atom. The average molecular weight is 704 g/mol. The summed E-state index contributed by atoms with van der Waals surface area (Å²) < 4.78 is 25.1. The molecular formula is C36H69N3O10. The van der Waals surface area contributed by atoms with E-state index in [0.717, 1.165) is 25.7 Å². The summed E-state index contributed by atoms with van der Waals surface area (Å²) in [6.45, 7) is 14.7. The second kappa shape index (κ2) is 17.6. The average Bonchev–Trinajstić information content (AvgIpc) is 3.52. The number of alkyl carbamates (subject to hydrolysis) is 1. The van der Waals surface area contributed by atoms with Crippen molar-refractivity contribution in [1.82, 2.24) is 15.1 Å². The lowest BCUT2D eigenvalue weighted by atomic mass is 9.77. The first-order valence-corrected chi connectivity index (χ1v) is 18.5. The van der Waals surface area contributed by atoms with Crippen LogP contribution in [0, 0.1) is 17.8 Å². The molecule has 2 aliphatic heterocycles. The van der Waals surface area contributed by atoms with Gasteiger partial charge in [-0.3, -0.25) is 0 Å². The summed E-state index contributed by atoms with van der Waals surface area (Å²) in [4.78, 5) is 17.3. The number of rotatable bonds is 6. The monoisotopic (exact) mass is 703 g/mol. The van der Waals surface area contributed by atoms with Crippen LogP contribution >= 0.6 is 0 Å². The van der Waals surface area contributed by atoms with Crippen molar-refractivity contribution in [3.8, 4) is 0 Å². The zero-order chi connectivity index (χ0) is 37.0. The zero-order valence-electron chi connectivity index (χ0n) is 31.9. The van der Waals surface area contributed by atoms with Crippen LogP contribution in [0.1, 0.15) is 100 Å². The number of hydrogen-bond donors (Lipinski definition) is 6. The summed E-state index contributed by atoms with van der Waals surface area (Å²) in [7, 11) is 5.63. The molecule has 0 aromatic carbocycles. The van der Waals surface area contributed by atoms with Gasteiger partial charge in [0.25, 0.3) is 0 Å². The molecule has 0 aromatic rings. The Morgan fingerprint density at radius 2 is 1.61 bits per heavy atom. The van der Waals surface area contributed by atoms with Crippen molar-refractivity contribution in [1.29, 1.82) is 0 Å². The highest BCUT2D eigenvalue weighted by atomic mass is 16.7. The van der Waals surface area contributed by atoms with E-state index in [9.17, 15) is 30.3 Å². The number of likely N-dealkylation sites (N-methyl/N-ethyl adjacent to an activating group) is 2. The first-order valence-electron chi connectivity index (χ1n) is 18.5. The fourth-order valence-corrected chi connectivity index (χ4v) is 8.46. The molecule has 0 radical (unpaired) electrons. The van der Waals surface area contributed by atoms with Crippen molar-refractivity contribution in [2.75, 3.05) is 27.7 Å². The first kappa shape index (κ1) is 42.3. The van der Waals surface area contributed by atoms with E-state index in [1.807, 2.05) is 51.7 Å². The van der Waals surface area contributed by atoms with Gasteiger partial charge in [0, 0.05) is 36.5 Å². The molecule has 2 saturated heterocycles. The molecule has 0 aromatic heterocycles. The molecule has 6 N–H and O–H groups in total. The molecule has 1 saturated carbocycles. The van der Waals surface area contributed by atoms with E-state index in [0.29, 0.717) is 13.0 Å². The van der Waals surface area contributed by atoms with Crippen molar-refractivity contribution in [2.24, 2.45) is 17.8 Å². The molecule has 13 nitrogen and oxygen atoms in total. The van der Waals surface area contributed by atoms with Gasteiger partial charge in [0.05, 0.1) is 23.9 Å². The molecule has 0 bridgehead atoms. The van der Waals surface area contributed by atoms with Crippen LogP contribution in [0.3, 0.4) is 0 Å². The van der Waals surface area contributed by atoms with Gasteiger partial charge in [-0.2, -0.15) is 0 Å². The van der Waals surface area contributed by atoms with Crippen molar-refractivity contribution >= 4 is 6.09 Å². The van der Waals surface area contributed by atoms with Crippen LogP contribution in [0.2, 0.25) is 0 Å². The minimum Gasteiger partial charge on any atom is -0.445 e. The molecular weight excluding hydrogens is 634 g/mol. The molecule has 1 aliphatic carbocycles. The van der Waals surface area contributed by atoms with E-state index >= 15 is 0 Å². The third-order valence-electron chi connectivity index (χ3n) is 11.5. The van der Waals surface area contributed by atoms with Crippen LogP contribution in [0.4, 0.5) is 4.79 Å². The smallest absolute Gasteiger partial charge is 0.407 e. The Kier molecular flexibility index (Phi) is 15.2. The van der Waals surface area contributed by atoms with Crippen molar-refractivity contribution in [2.45, 2.75) is 179 Å². The number of ether oxygens (including phenoxy) is 4. The minimum atomic E-state index is -1.74. The fraction of sp³-hybridized carbons (Fsp3) is 0.972. The van der Waals surface area contributed by atoms with E-state index in [-0.39, 0.29) is 36.9 Å². The lowest BCUT2D eigenvalue weighted by Gasteiger charge is -2.47. The predicted molar refractivity (Wildman–Crippen MR) is 186 cm³/mol. The topological polar surface area (TPSA) is 174 Å². The summed E-state index contributed by atoms with van der Waals surface area (Å²) in [6, 6.07) is -0.780. The van der Waals surface area contributed by atoms with E-state index in [1.54, 1.807) is 27.7 Å². The first-order chi connectivity index (χ1) is 22.7. The Labute approximate surface area is 294 Å². The number of nitrogens with one attached hydrogen (secondary N) is 1. The molecule has 13 heteroatoms. The second-order valence-corrected chi connectivity index (χ2v) is 16.3. The highest BCUT2D eigenvalue weighted by Crippen LogP contribution is 2.38. The van der Waals surface area contributed by atoms with Crippen LogP contribution in [0.25, 0.3) is 0 Å². The van der Waals surface area contributed by atoms with E-state index in [4.69, 9.17) is 18.9 Å². The number of hydrogen-bond acceptors (Lipinski definition) is 12. The summed E-state index contributed by atoms with van der Waals surface area (Å²) in [5.74, 6) is -1.75. The molecule has 49 heavy (non-hydrogen) atoms. The maximum Gasteiger partial charge on any atom is 0.407 e. The van der Waals surface area contributed by atoms with Gasteiger partial charge in [-0.25, -0.2) is 4.79 Å². The van der Waals surface area contributed by atoms with Crippen LogP contribution in [0.5, 0.6) is 0 Å². The minimum absolute atomic E-state index is 0.0205. The zero-order valence-corrected chi connectivity index (χ0v) is 31.9. The van der Waals surface area contributed by atoms with E-state index in [2.05, 4.69) is 5.32 Å². The highest BCUT2D eigenvalue weighted by Gasteiger charge is 2.51. The summed E-state index contributed by atoms with van der Waals surface area (Å²) in [6.07, 6.45) is -3.98. The Morgan fingerprint density at radius 3 is 2.18 bits per heavy atom. The third kappa shape index (κ3) is 10.5. The largest absolute Gasteiger partial charge is 0.445 e. The molecule has 1 amide bonds. The molecule has 15 atom stereocenters. The van der Waals surface area contributed by atoms with E-state index in [1.165, 1.54) is 6.92 Å². The van der Waals surface area contributed by atoms with Gasteiger partial charge in [-0.1, -0.05) is 40.5 Å². The van der Waals surface area contributed by atoms with Crippen LogP contribution in [-0.4, -0.2) is 148 Å². The van der Waals surface area contributed by atoms with Gasteiger partial charge in [0.15, 0.2) is 12.6 Å². The van der Waals surface area contributed by atoms with Crippen LogP contribution < -0.4 is 5.32 Å². The van der Waals surface area contributed by atoms with Gasteiger partial charge in [0.2, 0.25) is 0 Å². The lowest BCUT2D eigenvalue weighted by molar-refractivity contribution is -0.301. The molecule has 2 heterocycles. The molecule has 3 rings (SSSR count). The van der Waals surface area contributed by atoms with Crippen molar-refractivity contribution in [3.05, 3.63) is 0 Å². The van der Waals surface area contributed by atoms with Gasteiger partial charge in [0.1, 0.15) is 23.9 Å². The molecule has 288 valence electrons. The number of nitrogens with zero attached hydrogens (tertiary/aromatic N) is 2. The van der Waals surface area contributed by atoms with Crippen LogP contribution in [0.15, 0.2) is 0 Å². The summed E-state index contributed by atoms with van der Waals surface area (Å²) in [5.41, 5.74) is -3.27. The Bertz CT molecular complexity index is 1030. The summed E-state index contributed by atoms with van der Waals surface area (Å²) in [5, 5.41) is 61.5. The number of aliphatic hydroxyl groups excluding tert-OH is 3. The van der Waals surface area contributed by atoms with E-state index < -0.39 is 78.3 Å². The summed E-state index contributed by atoms with van der Waals surface area (Å²) >= 11 is 0. The van der Waals surface area contributed by atoms with Crippen molar-refractivity contribution in [3.63, 3.8) is 0 Å². The molecule has 3 fully saturated rings. The maximum absolute atomic E-state index is 13.4. The standard InChI is InChI=1S/C36H69N3O10/c1-12-27-36(8,45)30(41)24(6)39(11)19-20(2)18-35(7,44)31(49-33-28(40)26(38(9)10)17-21(3)46-33)22(4)29(23(5)32(42)47-27)48-34(43)37-25-15-13-14-16-25/h20-33,40-42,44-45H,12-19H2,1-11H3,(H,37,43)/t20-,21-,22+,23-,24-,26+,27-,28-,29+,30-,31-,32?,33+,35-,36-/m1/s1. The van der Waals surface area contributed by atoms with Gasteiger partial charge in [-0.15, -0.1) is 0 Å². The van der Waals surface area contributed by atoms with Gasteiger partial charge < -0.3 is 59.6 Å². The predicted octanol–water partition coefficient (Wildman–Crippen LogP) is 2.44. The third-order valence-corrected chi connectivity index (χ3v) is 11.5. The Hall–Kier alpha value is -1.13. The highest BCUT2D eigenvalue weighted by molar-refractivity contribution is 5.67. The van der Waals surface area contributed by atoms with Crippen LogP contribution in [-0.2, 0) is 18.9 Å². The lowest BCUT2D eigenvalue weighted by Crippen LogP contribution is -2.60. The van der Waals surface area contributed by atoms with Gasteiger partial charge >= 0.3 is 6.09 Å². The second-order valence-electron chi connectivity index (χ2n) is 16.3. The normalized spacial score (nSPS) is 45.9. The molecule has 0 spiro atoms. The fourth-order valence-electron chi connectivity index (χ4n) is 8.46. The number of aliphatic hydroxyl groups is 5. The molecule has 3 aliphatic rings. The number of amides is 1. The quantitative estimate of drug-likeness (QED) is 0.239. The van der Waals surface area contributed by atoms with Crippen molar-refractivity contribution < 1.29 is 49.3 Å². The Balaban J connectivity index is 2.10. The van der Waals surface area contributed by atoms with Gasteiger partial charge in [-0.05, 0) is 86.9 Å². The maximum atomic E-state index is 13.4. The SMILES string of the molecule is CC[C@H]1OC(O)[C@H](C)[C@@H](OC(=O)NC2CCCC2)[C@H](C)[C@@H](O[C@@H]2O[C@H](C)C[C@H](N(C)C)[C@H]2O)[C@](C)(O)C[C@@H](C)CN(C)[C@H](C)[C@@H](O)[C@]1(C)O. The number of carbonyl (C=O) groups excluding carboxylic acids is 1. The number of carbonyl (C=O) groups is 1.